The number of nitriles is 1. The lowest BCUT2D eigenvalue weighted by Gasteiger charge is -2.06. The normalized spacial score (nSPS) is 10.5. The summed E-state index contributed by atoms with van der Waals surface area (Å²) in [5, 5.41) is 19.2. The Morgan fingerprint density at radius 2 is 1.95 bits per heavy atom. The van der Waals surface area contributed by atoms with Crippen molar-refractivity contribution < 1.29 is 9.52 Å². The van der Waals surface area contributed by atoms with Crippen LogP contribution in [0.25, 0.3) is 22.3 Å². The van der Waals surface area contributed by atoms with E-state index in [4.69, 9.17) is 9.68 Å². The maximum absolute atomic E-state index is 12.2. The third kappa shape index (κ3) is 2.20. The number of halogens is 1. The smallest absolute Gasteiger partial charge is 0.193 e. The molecule has 0 bridgehead atoms. The van der Waals surface area contributed by atoms with Gasteiger partial charge in [-0.1, -0.05) is 12.1 Å². The lowest BCUT2D eigenvalue weighted by molar-refractivity contribution is 0.470. The highest BCUT2D eigenvalue weighted by molar-refractivity contribution is 9.10. The minimum atomic E-state index is -0.236. The van der Waals surface area contributed by atoms with Gasteiger partial charge in [-0.2, -0.15) is 5.26 Å². The summed E-state index contributed by atoms with van der Waals surface area (Å²) in [5.74, 6) is 0.271. The van der Waals surface area contributed by atoms with Crippen LogP contribution in [0.5, 0.6) is 5.75 Å². The molecule has 3 aromatic rings. The molecule has 0 saturated heterocycles. The maximum atomic E-state index is 12.2. The Hall–Kier alpha value is -2.58. The van der Waals surface area contributed by atoms with Crippen LogP contribution in [-0.2, 0) is 0 Å². The Morgan fingerprint density at radius 1 is 1.19 bits per heavy atom. The monoisotopic (exact) mass is 341 g/mol. The second-order valence-corrected chi connectivity index (χ2v) is 5.20. The SMILES string of the molecule is N#Cc1ccccc1-c1cc(=O)c2ccc(O)c(Br)c2o1. The number of nitrogens with zero attached hydrogens (tertiary/aromatic N) is 1. The highest BCUT2D eigenvalue weighted by Gasteiger charge is 2.14. The first-order chi connectivity index (χ1) is 10.1. The summed E-state index contributed by atoms with van der Waals surface area (Å²) >= 11 is 3.21. The van der Waals surface area contributed by atoms with Gasteiger partial charge in [0.05, 0.1) is 17.0 Å². The number of fused-ring (bicyclic) bond motifs is 1. The number of hydrogen-bond donors (Lipinski definition) is 1. The van der Waals surface area contributed by atoms with Gasteiger partial charge < -0.3 is 9.52 Å². The molecule has 1 aromatic heterocycles. The third-order valence-electron chi connectivity index (χ3n) is 3.13. The minimum Gasteiger partial charge on any atom is -0.507 e. The van der Waals surface area contributed by atoms with Crippen molar-refractivity contribution in [3.8, 4) is 23.1 Å². The number of aromatic hydroxyl groups is 1. The molecule has 1 N–H and O–H groups in total. The van der Waals surface area contributed by atoms with Gasteiger partial charge in [-0.05, 0) is 40.2 Å². The van der Waals surface area contributed by atoms with Crippen molar-refractivity contribution in [1.82, 2.24) is 0 Å². The van der Waals surface area contributed by atoms with Crippen LogP contribution >= 0.6 is 15.9 Å². The summed E-state index contributed by atoms with van der Waals surface area (Å²) in [6.45, 7) is 0. The number of hydrogen-bond acceptors (Lipinski definition) is 4. The van der Waals surface area contributed by atoms with Gasteiger partial charge in [0.1, 0.15) is 16.0 Å². The number of benzene rings is 2. The van der Waals surface area contributed by atoms with Crippen LogP contribution in [-0.4, -0.2) is 5.11 Å². The average Bonchev–Trinajstić information content (AvgIpc) is 2.51. The molecule has 0 unspecified atom stereocenters. The van der Waals surface area contributed by atoms with Crippen molar-refractivity contribution in [2.75, 3.05) is 0 Å². The number of phenols is 1. The van der Waals surface area contributed by atoms with E-state index < -0.39 is 0 Å². The van der Waals surface area contributed by atoms with E-state index in [0.29, 0.717) is 21.0 Å². The van der Waals surface area contributed by atoms with E-state index in [1.165, 1.54) is 18.2 Å². The molecule has 0 spiro atoms. The lowest BCUT2D eigenvalue weighted by Crippen LogP contribution is -2.01. The van der Waals surface area contributed by atoms with Gasteiger partial charge in [-0.25, -0.2) is 0 Å². The molecule has 4 nitrogen and oxygen atoms in total. The largest absolute Gasteiger partial charge is 0.507 e. The van der Waals surface area contributed by atoms with Gasteiger partial charge >= 0.3 is 0 Å². The van der Waals surface area contributed by atoms with Crippen LogP contribution in [0.3, 0.4) is 0 Å². The average molecular weight is 342 g/mol. The Balaban J connectivity index is 2.38. The molecule has 0 aliphatic carbocycles. The second-order valence-electron chi connectivity index (χ2n) is 4.41. The fourth-order valence-electron chi connectivity index (χ4n) is 2.10. The Kier molecular flexibility index (Phi) is 3.24. The van der Waals surface area contributed by atoms with E-state index in [2.05, 4.69) is 22.0 Å². The number of phenolic OH excluding ortho intramolecular Hbond substituents is 1. The molecule has 102 valence electrons. The fourth-order valence-corrected chi connectivity index (χ4v) is 2.53. The Morgan fingerprint density at radius 3 is 2.71 bits per heavy atom. The zero-order valence-electron chi connectivity index (χ0n) is 10.6. The number of rotatable bonds is 1. The molecule has 1 heterocycles. The molecular weight excluding hydrogens is 334 g/mol. The van der Waals surface area contributed by atoms with E-state index >= 15 is 0 Å². The zero-order chi connectivity index (χ0) is 15.0. The first-order valence-corrected chi connectivity index (χ1v) is 6.86. The summed E-state index contributed by atoms with van der Waals surface area (Å²) in [6, 6.07) is 13.2. The highest BCUT2D eigenvalue weighted by atomic mass is 79.9. The summed E-state index contributed by atoms with van der Waals surface area (Å²) < 4.78 is 6.04. The second kappa shape index (κ2) is 5.08. The van der Waals surface area contributed by atoms with Gasteiger partial charge in [0.15, 0.2) is 11.0 Å². The van der Waals surface area contributed by atoms with E-state index in [-0.39, 0.29) is 22.5 Å². The van der Waals surface area contributed by atoms with E-state index in [1.54, 1.807) is 24.3 Å². The summed E-state index contributed by atoms with van der Waals surface area (Å²) in [6.07, 6.45) is 0. The van der Waals surface area contributed by atoms with Gasteiger partial charge in [-0.15, -0.1) is 0 Å². The predicted octanol–water partition coefficient (Wildman–Crippen LogP) is 3.80. The molecule has 0 fully saturated rings. The van der Waals surface area contributed by atoms with Gasteiger partial charge in [0, 0.05) is 11.6 Å². The van der Waals surface area contributed by atoms with Crippen LogP contribution < -0.4 is 5.43 Å². The van der Waals surface area contributed by atoms with E-state index in [1.807, 2.05) is 0 Å². The topological polar surface area (TPSA) is 74.2 Å². The maximum Gasteiger partial charge on any atom is 0.193 e. The van der Waals surface area contributed by atoms with Crippen LogP contribution in [0.4, 0.5) is 0 Å². The van der Waals surface area contributed by atoms with Crippen molar-refractivity contribution >= 4 is 26.9 Å². The lowest BCUT2D eigenvalue weighted by atomic mass is 10.1. The minimum absolute atomic E-state index is 0.0173. The van der Waals surface area contributed by atoms with Crippen molar-refractivity contribution in [3.63, 3.8) is 0 Å². The van der Waals surface area contributed by atoms with E-state index in [0.717, 1.165) is 0 Å². The van der Waals surface area contributed by atoms with Crippen LogP contribution in [0.15, 0.2) is 56.1 Å². The Labute approximate surface area is 128 Å². The van der Waals surface area contributed by atoms with Crippen molar-refractivity contribution in [2.24, 2.45) is 0 Å². The van der Waals surface area contributed by atoms with Crippen LogP contribution in [0.2, 0.25) is 0 Å². The van der Waals surface area contributed by atoms with Crippen LogP contribution in [0, 0.1) is 11.3 Å². The molecular formula is C16H8BrNO3. The molecule has 0 saturated carbocycles. The first kappa shape index (κ1) is 13.4. The molecule has 3 rings (SSSR count). The molecule has 0 amide bonds. The quantitative estimate of drug-likeness (QED) is 0.730. The molecule has 0 aliphatic rings. The van der Waals surface area contributed by atoms with Gasteiger partial charge in [0.25, 0.3) is 0 Å². The van der Waals surface area contributed by atoms with Crippen LogP contribution in [0.1, 0.15) is 5.56 Å². The fraction of sp³-hybridized carbons (Fsp3) is 0. The first-order valence-electron chi connectivity index (χ1n) is 6.06. The summed E-state index contributed by atoms with van der Waals surface area (Å²) in [7, 11) is 0. The molecule has 0 radical (unpaired) electrons. The standard InChI is InChI=1S/C16H8BrNO3/c17-15-12(19)6-5-11-13(20)7-14(21-16(11)15)10-4-2-1-3-9(10)8-18/h1-7,19H. The molecule has 5 heteroatoms. The summed E-state index contributed by atoms with van der Waals surface area (Å²) in [4.78, 5) is 12.2. The third-order valence-corrected chi connectivity index (χ3v) is 3.90. The van der Waals surface area contributed by atoms with E-state index in [9.17, 15) is 9.90 Å². The van der Waals surface area contributed by atoms with Crippen molar-refractivity contribution in [3.05, 3.63) is 62.7 Å². The zero-order valence-corrected chi connectivity index (χ0v) is 12.2. The molecule has 2 aromatic carbocycles. The van der Waals surface area contributed by atoms with Gasteiger partial charge in [0.2, 0.25) is 0 Å². The highest BCUT2D eigenvalue weighted by Crippen LogP contribution is 2.33. The van der Waals surface area contributed by atoms with Gasteiger partial charge in [-0.3, -0.25) is 4.79 Å². The van der Waals surface area contributed by atoms with Crippen molar-refractivity contribution in [1.29, 1.82) is 5.26 Å². The van der Waals surface area contributed by atoms with Crippen molar-refractivity contribution in [2.45, 2.75) is 0 Å². The summed E-state index contributed by atoms with van der Waals surface area (Å²) in [5.41, 5.74) is 0.968. The Bertz CT molecular complexity index is 954. The molecule has 0 aliphatic heterocycles. The predicted molar refractivity (Wildman–Crippen MR) is 82.0 cm³/mol. The molecule has 0 atom stereocenters. The molecule has 21 heavy (non-hydrogen) atoms.